The molecule has 142 valence electrons. The number of aromatic nitrogens is 1. The summed E-state index contributed by atoms with van der Waals surface area (Å²) in [5.41, 5.74) is 7.52. The standard InChI is InChI=1S/C21H21N5OS/c22-12-17-11-18(13-23)21(25-20(17)24)28-14-19(27)26-8-6-16(7-9-26)10-15-4-2-1-3-5-15/h1-5,11,16H,6-10,14H2,(H2,24,25). The van der Waals surface area contributed by atoms with E-state index in [1.165, 1.54) is 23.4 Å². The van der Waals surface area contributed by atoms with Gasteiger partial charge < -0.3 is 10.6 Å². The number of nitrogen functional groups attached to an aromatic ring is 1. The molecule has 0 spiro atoms. The fourth-order valence-electron chi connectivity index (χ4n) is 3.34. The van der Waals surface area contributed by atoms with Crippen LogP contribution in [0.15, 0.2) is 41.4 Å². The van der Waals surface area contributed by atoms with Gasteiger partial charge in [-0.3, -0.25) is 4.79 Å². The van der Waals surface area contributed by atoms with Crippen molar-refractivity contribution in [1.29, 1.82) is 10.5 Å². The molecule has 1 amide bonds. The van der Waals surface area contributed by atoms with Crippen LogP contribution in [0.4, 0.5) is 5.82 Å². The van der Waals surface area contributed by atoms with Crippen LogP contribution in [0.5, 0.6) is 0 Å². The molecule has 0 radical (unpaired) electrons. The van der Waals surface area contributed by atoms with Crippen LogP contribution in [0.2, 0.25) is 0 Å². The summed E-state index contributed by atoms with van der Waals surface area (Å²) >= 11 is 1.20. The Morgan fingerprint density at radius 3 is 2.50 bits per heavy atom. The van der Waals surface area contributed by atoms with Gasteiger partial charge in [-0.2, -0.15) is 10.5 Å². The molecule has 0 bridgehead atoms. The van der Waals surface area contributed by atoms with Gasteiger partial charge in [-0.15, -0.1) is 0 Å². The number of nitrogens with two attached hydrogens (primary N) is 1. The minimum Gasteiger partial charge on any atom is -0.383 e. The minimum absolute atomic E-state index is 0.0387. The van der Waals surface area contributed by atoms with Crippen LogP contribution in [-0.2, 0) is 11.2 Å². The van der Waals surface area contributed by atoms with Gasteiger partial charge >= 0.3 is 0 Å². The third kappa shape index (κ3) is 4.82. The fourth-order valence-corrected chi connectivity index (χ4v) is 4.21. The lowest BCUT2D eigenvalue weighted by atomic mass is 9.90. The Hall–Kier alpha value is -3.03. The molecule has 1 aromatic heterocycles. The molecule has 7 heteroatoms. The minimum atomic E-state index is 0.0387. The average molecular weight is 392 g/mol. The number of nitrogens with zero attached hydrogens (tertiary/aromatic N) is 4. The summed E-state index contributed by atoms with van der Waals surface area (Å²) in [6.45, 7) is 1.51. The number of piperidine rings is 1. The van der Waals surface area contributed by atoms with Crippen molar-refractivity contribution in [2.75, 3.05) is 24.6 Å². The second-order valence-corrected chi connectivity index (χ2v) is 7.76. The SMILES string of the molecule is N#Cc1cc(C#N)c(SCC(=O)N2CCC(Cc3ccccc3)CC2)nc1N. The van der Waals surface area contributed by atoms with E-state index in [4.69, 9.17) is 11.0 Å². The maximum Gasteiger partial charge on any atom is 0.232 e. The summed E-state index contributed by atoms with van der Waals surface area (Å²) < 4.78 is 0. The average Bonchev–Trinajstić information content (AvgIpc) is 2.73. The van der Waals surface area contributed by atoms with Gasteiger partial charge in [0.05, 0.1) is 16.9 Å². The van der Waals surface area contributed by atoms with E-state index in [0.717, 1.165) is 32.4 Å². The summed E-state index contributed by atoms with van der Waals surface area (Å²) in [5, 5.41) is 18.6. The number of pyridine rings is 1. The van der Waals surface area contributed by atoms with Crippen LogP contribution in [0.1, 0.15) is 29.5 Å². The smallest absolute Gasteiger partial charge is 0.232 e. The first-order chi connectivity index (χ1) is 13.6. The zero-order valence-corrected chi connectivity index (χ0v) is 16.3. The molecule has 0 saturated carbocycles. The van der Waals surface area contributed by atoms with E-state index in [1.807, 2.05) is 23.1 Å². The number of rotatable bonds is 5. The van der Waals surface area contributed by atoms with Gasteiger partial charge in [-0.05, 0) is 36.8 Å². The van der Waals surface area contributed by atoms with Gasteiger partial charge in [-0.1, -0.05) is 42.1 Å². The number of nitriles is 2. The fraction of sp³-hybridized carbons (Fsp3) is 0.333. The van der Waals surface area contributed by atoms with Gasteiger partial charge in [0.25, 0.3) is 0 Å². The Balaban J connectivity index is 1.52. The zero-order chi connectivity index (χ0) is 19.9. The van der Waals surface area contributed by atoms with Gasteiger partial charge in [0.15, 0.2) is 0 Å². The molecular weight excluding hydrogens is 370 g/mol. The first-order valence-corrected chi connectivity index (χ1v) is 10.1. The van der Waals surface area contributed by atoms with Crippen LogP contribution < -0.4 is 5.73 Å². The lowest BCUT2D eigenvalue weighted by Crippen LogP contribution is -2.39. The Labute approximate surface area is 169 Å². The molecule has 1 saturated heterocycles. The number of carbonyl (C=O) groups excluding carboxylic acids is 1. The lowest BCUT2D eigenvalue weighted by Gasteiger charge is -2.32. The van der Waals surface area contributed by atoms with Gasteiger partial charge in [0.1, 0.15) is 23.0 Å². The van der Waals surface area contributed by atoms with Crippen molar-refractivity contribution < 1.29 is 4.79 Å². The van der Waals surface area contributed by atoms with Crippen LogP contribution in [0.3, 0.4) is 0 Å². The predicted octanol–water partition coefficient (Wildman–Crippen LogP) is 2.98. The van der Waals surface area contributed by atoms with E-state index < -0.39 is 0 Å². The molecule has 0 unspecified atom stereocenters. The number of thioether (sulfide) groups is 1. The predicted molar refractivity (Wildman–Crippen MR) is 108 cm³/mol. The Kier molecular flexibility index (Phi) is 6.52. The number of carbonyl (C=O) groups is 1. The Morgan fingerprint density at radius 2 is 1.86 bits per heavy atom. The van der Waals surface area contributed by atoms with E-state index in [0.29, 0.717) is 10.9 Å². The van der Waals surface area contributed by atoms with E-state index in [2.05, 4.69) is 29.2 Å². The molecule has 2 heterocycles. The second kappa shape index (κ2) is 9.25. The monoisotopic (exact) mass is 391 g/mol. The highest BCUT2D eigenvalue weighted by Gasteiger charge is 2.23. The van der Waals surface area contributed by atoms with Crippen molar-refractivity contribution in [3.63, 3.8) is 0 Å². The van der Waals surface area contributed by atoms with Crippen LogP contribution in [0, 0.1) is 28.6 Å². The van der Waals surface area contributed by atoms with Gasteiger partial charge in [-0.25, -0.2) is 4.98 Å². The van der Waals surface area contributed by atoms with Crippen molar-refractivity contribution in [3.05, 3.63) is 53.1 Å². The highest BCUT2D eigenvalue weighted by atomic mass is 32.2. The molecule has 2 aromatic rings. The summed E-state index contributed by atoms with van der Waals surface area (Å²) in [7, 11) is 0. The number of likely N-dealkylation sites (tertiary alicyclic amines) is 1. The topological polar surface area (TPSA) is 107 Å². The molecule has 0 atom stereocenters. The van der Waals surface area contributed by atoms with E-state index in [-0.39, 0.29) is 28.6 Å². The van der Waals surface area contributed by atoms with Crippen LogP contribution >= 0.6 is 11.8 Å². The molecule has 1 aromatic carbocycles. The number of anilines is 1. The van der Waals surface area contributed by atoms with E-state index >= 15 is 0 Å². The van der Waals surface area contributed by atoms with Gasteiger partial charge in [0.2, 0.25) is 5.91 Å². The summed E-state index contributed by atoms with van der Waals surface area (Å²) in [6.07, 6.45) is 3.05. The number of hydrogen-bond donors (Lipinski definition) is 1. The number of benzene rings is 1. The lowest BCUT2D eigenvalue weighted by molar-refractivity contribution is -0.129. The molecule has 2 N–H and O–H groups in total. The molecule has 3 rings (SSSR count). The maximum absolute atomic E-state index is 12.6. The molecule has 1 fully saturated rings. The van der Waals surface area contributed by atoms with Crippen LogP contribution in [-0.4, -0.2) is 34.6 Å². The second-order valence-electron chi connectivity index (χ2n) is 6.80. The number of hydrogen-bond acceptors (Lipinski definition) is 6. The van der Waals surface area contributed by atoms with E-state index in [1.54, 1.807) is 0 Å². The zero-order valence-electron chi connectivity index (χ0n) is 15.5. The van der Waals surface area contributed by atoms with Crippen molar-refractivity contribution in [2.24, 2.45) is 5.92 Å². The maximum atomic E-state index is 12.6. The largest absolute Gasteiger partial charge is 0.383 e. The summed E-state index contributed by atoms with van der Waals surface area (Å²) in [6, 6.07) is 15.8. The molecule has 0 aliphatic carbocycles. The van der Waals surface area contributed by atoms with Crippen molar-refractivity contribution >= 4 is 23.5 Å². The van der Waals surface area contributed by atoms with Crippen molar-refractivity contribution in [3.8, 4) is 12.1 Å². The molecular formula is C21H21N5OS. The third-order valence-electron chi connectivity index (χ3n) is 4.92. The molecule has 28 heavy (non-hydrogen) atoms. The Morgan fingerprint density at radius 1 is 1.18 bits per heavy atom. The third-order valence-corrected chi connectivity index (χ3v) is 5.90. The van der Waals surface area contributed by atoms with Crippen LogP contribution in [0.25, 0.3) is 0 Å². The highest BCUT2D eigenvalue weighted by Crippen LogP contribution is 2.26. The van der Waals surface area contributed by atoms with E-state index in [9.17, 15) is 10.1 Å². The number of amides is 1. The summed E-state index contributed by atoms with van der Waals surface area (Å²) in [5.74, 6) is 0.926. The quantitative estimate of drug-likeness (QED) is 0.785. The molecule has 6 nitrogen and oxygen atoms in total. The molecule has 1 aliphatic heterocycles. The normalized spacial score (nSPS) is 14.3. The van der Waals surface area contributed by atoms with Gasteiger partial charge in [0, 0.05) is 13.1 Å². The van der Waals surface area contributed by atoms with Crippen molar-refractivity contribution in [2.45, 2.75) is 24.3 Å². The first kappa shape index (κ1) is 19.7. The molecule has 1 aliphatic rings. The Bertz CT molecular complexity index is 924. The highest BCUT2D eigenvalue weighted by molar-refractivity contribution is 8.00. The first-order valence-electron chi connectivity index (χ1n) is 9.16. The summed E-state index contributed by atoms with van der Waals surface area (Å²) in [4.78, 5) is 18.6. The van der Waals surface area contributed by atoms with Crippen molar-refractivity contribution in [1.82, 2.24) is 9.88 Å².